The summed E-state index contributed by atoms with van der Waals surface area (Å²) in [6, 6.07) is 5.73. The molecule has 1 aliphatic heterocycles. The molecule has 2 N–H and O–H groups in total. The molecule has 0 radical (unpaired) electrons. The molecule has 28 heavy (non-hydrogen) atoms. The molecule has 3 rings (SSSR count). The first kappa shape index (κ1) is 20.9. The number of benzene rings is 1. The number of carbonyl (C=O) groups is 1. The van der Waals surface area contributed by atoms with E-state index in [0.717, 1.165) is 49.2 Å². The van der Waals surface area contributed by atoms with Crippen LogP contribution in [0.25, 0.3) is 0 Å². The highest BCUT2D eigenvalue weighted by Crippen LogP contribution is 2.51. The van der Waals surface area contributed by atoms with Gasteiger partial charge in [0.05, 0.1) is 26.4 Å². The summed E-state index contributed by atoms with van der Waals surface area (Å²) in [5, 5.41) is 14.4. The average Bonchev–Trinajstić information content (AvgIpc) is 2.71. The lowest BCUT2D eigenvalue weighted by Crippen LogP contribution is -2.56. The van der Waals surface area contributed by atoms with Crippen molar-refractivity contribution in [1.29, 1.82) is 0 Å². The van der Waals surface area contributed by atoms with Gasteiger partial charge in [-0.25, -0.2) is 0 Å². The van der Waals surface area contributed by atoms with Gasteiger partial charge in [-0.3, -0.25) is 9.69 Å². The number of hydrogen-bond donors (Lipinski definition) is 2. The highest BCUT2D eigenvalue weighted by molar-refractivity contribution is 5.78. The standard InChI is InChI=1S/C22H34N2O4/c1-4-12-23-20(25)15-24-13-11-22(26)10-6-5-7-18(22)21(24)17-14-16(27-2)8-9-19(17)28-3/h8-9,14,18,21,26H,4-7,10-13,15H2,1-3H3,(H,23,25)/t18?,21-,22?/m0/s1. The Morgan fingerprint density at radius 1 is 1.29 bits per heavy atom. The second kappa shape index (κ2) is 9.14. The summed E-state index contributed by atoms with van der Waals surface area (Å²) in [4.78, 5) is 14.7. The minimum Gasteiger partial charge on any atom is -0.497 e. The van der Waals surface area contributed by atoms with Crippen LogP contribution in [0.15, 0.2) is 18.2 Å². The predicted molar refractivity (Wildman–Crippen MR) is 109 cm³/mol. The Morgan fingerprint density at radius 2 is 2.11 bits per heavy atom. The SMILES string of the molecule is CCCNC(=O)CN1CCC2(O)CCCCC2[C@@H]1c1cc(OC)ccc1OC. The number of fused-ring (bicyclic) bond motifs is 1. The summed E-state index contributed by atoms with van der Waals surface area (Å²) in [7, 11) is 3.32. The second-order valence-electron chi connectivity index (χ2n) is 8.08. The van der Waals surface area contributed by atoms with Crippen LogP contribution in [0.2, 0.25) is 0 Å². The number of piperidine rings is 1. The Bertz CT molecular complexity index is 681. The number of hydrogen-bond acceptors (Lipinski definition) is 5. The van der Waals surface area contributed by atoms with E-state index in [1.165, 1.54) is 0 Å². The normalized spacial score (nSPS) is 27.7. The fourth-order valence-corrected chi connectivity index (χ4v) is 4.91. The van der Waals surface area contributed by atoms with Crippen LogP contribution in [0.4, 0.5) is 0 Å². The first-order valence-corrected chi connectivity index (χ1v) is 10.5. The summed E-state index contributed by atoms with van der Waals surface area (Å²) < 4.78 is 11.1. The van der Waals surface area contributed by atoms with Gasteiger partial charge in [-0.1, -0.05) is 19.8 Å². The fourth-order valence-electron chi connectivity index (χ4n) is 4.91. The quantitative estimate of drug-likeness (QED) is 0.749. The highest BCUT2D eigenvalue weighted by Gasteiger charge is 2.49. The molecule has 0 bridgehead atoms. The third-order valence-electron chi connectivity index (χ3n) is 6.35. The van der Waals surface area contributed by atoms with Gasteiger partial charge >= 0.3 is 0 Å². The van der Waals surface area contributed by atoms with Gasteiger partial charge in [-0.05, 0) is 43.9 Å². The third-order valence-corrected chi connectivity index (χ3v) is 6.35. The van der Waals surface area contributed by atoms with E-state index >= 15 is 0 Å². The molecule has 2 aliphatic rings. The summed E-state index contributed by atoms with van der Waals surface area (Å²) in [5.41, 5.74) is 0.322. The maximum Gasteiger partial charge on any atom is 0.234 e. The van der Waals surface area contributed by atoms with Crippen molar-refractivity contribution < 1.29 is 19.4 Å². The van der Waals surface area contributed by atoms with Crippen molar-refractivity contribution in [2.75, 3.05) is 33.9 Å². The van der Waals surface area contributed by atoms with Crippen molar-refractivity contribution in [1.82, 2.24) is 10.2 Å². The largest absolute Gasteiger partial charge is 0.497 e. The number of methoxy groups -OCH3 is 2. The molecule has 1 heterocycles. The Hall–Kier alpha value is -1.79. The van der Waals surface area contributed by atoms with Crippen molar-refractivity contribution in [3.05, 3.63) is 23.8 Å². The molecule has 1 saturated carbocycles. The molecule has 3 atom stereocenters. The zero-order chi connectivity index (χ0) is 20.1. The molecule has 156 valence electrons. The third kappa shape index (κ3) is 4.28. The maximum absolute atomic E-state index is 12.5. The molecule has 1 aromatic rings. The Labute approximate surface area is 168 Å². The molecule has 6 nitrogen and oxygen atoms in total. The van der Waals surface area contributed by atoms with Crippen molar-refractivity contribution in [2.24, 2.45) is 5.92 Å². The van der Waals surface area contributed by atoms with Gasteiger partial charge in [0.2, 0.25) is 5.91 Å². The number of aliphatic hydroxyl groups is 1. The van der Waals surface area contributed by atoms with Crippen molar-refractivity contribution >= 4 is 5.91 Å². The van der Waals surface area contributed by atoms with Crippen LogP contribution in [-0.2, 0) is 4.79 Å². The van der Waals surface area contributed by atoms with Crippen LogP contribution < -0.4 is 14.8 Å². The smallest absolute Gasteiger partial charge is 0.234 e. The lowest BCUT2D eigenvalue weighted by atomic mass is 9.66. The zero-order valence-electron chi connectivity index (χ0n) is 17.4. The topological polar surface area (TPSA) is 71.0 Å². The number of amides is 1. The van der Waals surface area contributed by atoms with Gasteiger partial charge in [0.1, 0.15) is 11.5 Å². The number of ether oxygens (including phenoxy) is 2. The number of likely N-dealkylation sites (tertiary alicyclic amines) is 1. The van der Waals surface area contributed by atoms with Crippen LogP contribution in [0.1, 0.15) is 57.1 Å². The summed E-state index contributed by atoms with van der Waals surface area (Å²) in [5.74, 6) is 1.65. The molecule has 0 spiro atoms. The molecule has 0 aromatic heterocycles. The molecule has 1 aliphatic carbocycles. The Kier molecular flexibility index (Phi) is 6.83. The highest BCUT2D eigenvalue weighted by atomic mass is 16.5. The van der Waals surface area contributed by atoms with E-state index in [1.807, 2.05) is 25.1 Å². The molecule has 1 aromatic carbocycles. The van der Waals surface area contributed by atoms with Gasteiger partial charge in [0, 0.05) is 30.6 Å². The molecule has 2 fully saturated rings. The number of rotatable bonds is 7. The van der Waals surface area contributed by atoms with Crippen LogP contribution in [0.3, 0.4) is 0 Å². The number of nitrogens with one attached hydrogen (secondary N) is 1. The van der Waals surface area contributed by atoms with E-state index < -0.39 is 5.60 Å². The van der Waals surface area contributed by atoms with E-state index in [4.69, 9.17) is 9.47 Å². The van der Waals surface area contributed by atoms with Crippen LogP contribution in [0, 0.1) is 5.92 Å². The first-order chi connectivity index (χ1) is 13.5. The van der Waals surface area contributed by atoms with Gasteiger partial charge in [-0.2, -0.15) is 0 Å². The second-order valence-corrected chi connectivity index (χ2v) is 8.08. The first-order valence-electron chi connectivity index (χ1n) is 10.5. The fraction of sp³-hybridized carbons (Fsp3) is 0.682. The Morgan fingerprint density at radius 3 is 2.82 bits per heavy atom. The van der Waals surface area contributed by atoms with E-state index in [-0.39, 0.29) is 17.9 Å². The van der Waals surface area contributed by atoms with Gasteiger partial charge in [0.15, 0.2) is 0 Å². The number of carbonyl (C=O) groups excluding carboxylic acids is 1. The molecular weight excluding hydrogens is 356 g/mol. The predicted octanol–water partition coefficient (Wildman–Crippen LogP) is 2.90. The molecule has 6 heteroatoms. The van der Waals surface area contributed by atoms with E-state index in [9.17, 15) is 9.90 Å². The van der Waals surface area contributed by atoms with Crippen molar-refractivity contribution in [2.45, 2.75) is 57.1 Å². The zero-order valence-corrected chi connectivity index (χ0v) is 17.4. The monoisotopic (exact) mass is 390 g/mol. The maximum atomic E-state index is 12.5. The van der Waals surface area contributed by atoms with Gasteiger partial charge < -0.3 is 19.9 Å². The summed E-state index contributed by atoms with van der Waals surface area (Å²) in [6.45, 7) is 3.76. The molecule has 1 saturated heterocycles. The van der Waals surface area contributed by atoms with Crippen LogP contribution >= 0.6 is 0 Å². The van der Waals surface area contributed by atoms with Crippen LogP contribution in [0.5, 0.6) is 11.5 Å². The molecule has 2 unspecified atom stereocenters. The van der Waals surface area contributed by atoms with Crippen molar-refractivity contribution in [3.63, 3.8) is 0 Å². The van der Waals surface area contributed by atoms with E-state index in [2.05, 4.69) is 10.2 Å². The van der Waals surface area contributed by atoms with Crippen molar-refractivity contribution in [3.8, 4) is 11.5 Å². The molecular formula is C22H34N2O4. The average molecular weight is 391 g/mol. The summed E-state index contributed by atoms with van der Waals surface area (Å²) in [6.07, 6.45) is 5.57. The van der Waals surface area contributed by atoms with Gasteiger partial charge in [-0.15, -0.1) is 0 Å². The van der Waals surface area contributed by atoms with E-state index in [1.54, 1.807) is 14.2 Å². The Balaban J connectivity index is 1.97. The minimum atomic E-state index is -0.673. The summed E-state index contributed by atoms with van der Waals surface area (Å²) >= 11 is 0. The van der Waals surface area contributed by atoms with Crippen LogP contribution in [-0.4, -0.2) is 55.4 Å². The number of nitrogens with zero attached hydrogens (tertiary/aromatic N) is 1. The lowest BCUT2D eigenvalue weighted by molar-refractivity contribution is -0.138. The molecule has 1 amide bonds. The lowest BCUT2D eigenvalue weighted by Gasteiger charge is -2.52. The minimum absolute atomic E-state index is 0.0370. The van der Waals surface area contributed by atoms with Gasteiger partial charge in [0.25, 0.3) is 0 Å². The van der Waals surface area contributed by atoms with E-state index in [0.29, 0.717) is 26.1 Å².